The minimum absolute atomic E-state index is 0.00343. The van der Waals surface area contributed by atoms with Crippen LogP contribution in [0.25, 0.3) is 11.1 Å². The van der Waals surface area contributed by atoms with E-state index in [0.717, 1.165) is 18.7 Å². The Morgan fingerprint density at radius 3 is 2.69 bits per heavy atom. The van der Waals surface area contributed by atoms with Gasteiger partial charge in [0, 0.05) is 12.0 Å². The molecule has 0 saturated carbocycles. The predicted molar refractivity (Wildman–Crippen MR) is 123 cm³/mol. The first-order valence-corrected chi connectivity index (χ1v) is 11.0. The molecule has 1 aromatic carbocycles. The van der Waals surface area contributed by atoms with Gasteiger partial charge in [-0.25, -0.2) is 0 Å². The molecule has 0 bridgehead atoms. The first-order chi connectivity index (χ1) is 14.0. The molecule has 0 aliphatic heterocycles. The lowest BCUT2D eigenvalue weighted by molar-refractivity contribution is 0.0326. The van der Waals surface area contributed by atoms with Crippen LogP contribution in [0.2, 0.25) is 0 Å². The highest BCUT2D eigenvalue weighted by molar-refractivity contribution is 7.08. The quantitative estimate of drug-likeness (QED) is 0.430. The van der Waals surface area contributed by atoms with Gasteiger partial charge in [-0.1, -0.05) is 30.9 Å². The summed E-state index contributed by atoms with van der Waals surface area (Å²) in [7, 11) is 0. The average molecular weight is 410 g/mol. The highest BCUT2D eigenvalue weighted by atomic mass is 32.1. The summed E-state index contributed by atoms with van der Waals surface area (Å²) >= 11 is 1.70. The second-order valence-corrected chi connectivity index (χ2v) is 8.50. The average Bonchev–Trinajstić information content (AvgIpc) is 3.23. The van der Waals surface area contributed by atoms with Gasteiger partial charge in [-0.3, -0.25) is 0 Å². The number of thiophene rings is 1. The summed E-state index contributed by atoms with van der Waals surface area (Å²) in [6.45, 7) is 10.8. The Balaban J connectivity index is 1.65. The molecule has 29 heavy (non-hydrogen) atoms. The summed E-state index contributed by atoms with van der Waals surface area (Å²) in [6.07, 6.45) is 1.09. The fourth-order valence-corrected chi connectivity index (χ4v) is 3.16. The van der Waals surface area contributed by atoms with Crippen LogP contribution in [0, 0.1) is 29.1 Å². The van der Waals surface area contributed by atoms with Gasteiger partial charge in [-0.2, -0.15) is 11.3 Å². The minimum atomic E-state index is -0.00343. The van der Waals surface area contributed by atoms with Gasteiger partial charge in [-0.15, -0.1) is 0 Å². The van der Waals surface area contributed by atoms with Crippen LogP contribution in [0.5, 0.6) is 5.75 Å². The molecule has 1 N–H and O–H groups in total. The normalized spacial score (nSPS) is 11.7. The van der Waals surface area contributed by atoms with Crippen molar-refractivity contribution in [3.05, 3.63) is 41.1 Å². The highest BCUT2D eigenvalue weighted by Crippen LogP contribution is 2.25. The summed E-state index contributed by atoms with van der Waals surface area (Å²) in [6, 6.07) is 10.3. The molecule has 1 heterocycles. The van der Waals surface area contributed by atoms with E-state index < -0.39 is 0 Å². The van der Waals surface area contributed by atoms with Crippen molar-refractivity contribution in [3.63, 3.8) is 0 Å². The molecule has 0 saturated heterocycles. The fraction of sp³-hybridized carbons (Fsp3) is 0.440. The largest absolute Gasteiger partial charge is 0.491 e. The number of hydrogen-bond donors (Lipinski definition) is 1. The van der Waals surface area contributed by atoms with Crippen LogP contribution in [0.1, 0.15) is 34.1 Å². The summed E-state index contributed by atoms with van der Waals surface area (Å²) in [5.41, 5.74) is 2.39. The Morgan fingerprint density at radius 2 is 1.97 bits per heavy atom. The van der Waals surface area contributed by atoms with Crippen molar-refractivity contribution >= 4 is 11.3 Å². The Hall–Kier alpha value is -2.24. The van der Waals surface area contributed by atoms with E-state index in [1.165, 1.54) is 11.1 Å². The van der Waals surface area contributed by atoms with Gasteiger partial charge in [0.05, 0.1) is 19.3 Å². The van der Waals surface area contributed by atoms with Crippen LogP contribution >= 0.6 is 11.3 Å². The number of nitrogens with one attached hydrogen (secondary N) is 1. The SMILES string of the molecule is CCC(CNCC#CC#CC(C)(C)C)OCCOc1cccc(-c2ccsc2)c1. The summed E-state index contributed by atoms with van der Waals surface area (Å²) in [5.74, 6) is 12.8. The Morgan fingerprint density at radius 1 is 1.10 bits per heavy atom. The van der Waals surface area contributed by atoms with Crippen molar-refractivity contribution in [3.8, 4) is 40.6 Å². The molecule has 0 fully saturated rings. The molecule has 154 valence electrons. The van der Waals surface area contributed by atoms with Gasteiger partial charge >= 0.3 is 0 Å². The predicted octanol–water partition coefficient (Wildman–Crippen LogP) is 5.23. The minimum Gasteiger partial charge on any atom is -0.491 e. The molecular weight excluding hydrogens is 378 g/mol. The van der Waals surface area contributed by atoms with E-state index in [0.29, 0.717) is 19.8 Å². The van der Waals surface area contributed by atoms with Crippen molar-refractivity contribution in [1.29, 1.82) is 0 Å². The Labute approximate surface area is 179 Å². The summed E-state index contributed by atoms with van der Waals surface area (Å²) in [4.78, 5) is 0. The van der Waals surface area contributed by atoms with E-state index in [4.69, 9.17) is 9.47 Å². The third-order valence-corrected chi connectivity index (χ3v) is 4.71. The van der Waals surface area contributed by atoms with Crippen molar-refractivity contribution in [2.24, 2.45) is 5.41 Å². The third kappa shape index (κ3) is 9.68. The van der Waals surface area contributed by atoms with Gasteiger partial charge < -0.3 is 14.8 Å². The number of hydrogen-bond acceptors (Lipinski definition) is 4. The molecule has 1 atom stereocenters. The summed E-state index contributed by atoms with van der Waals surface area (Å²) in [5, 5.41) is 7.53. The number of rotatable bonds is 10. The van der Waals surface area contributed by atoms with E-state index in [1.54, 1.807) is 11.3 Å². The third-order valence-electron chi connectivity index (χ3n) is 4.02. The first kappa shape index (κ1) is 23.0. The topological polar surface area (TPSA) is 30.5 Å². The van der Waals surface area contributed by atoms with Gasteiger partial charge in [0.2, 0.25) is 0 Å². The van der Waals surface area contributed by atoms with Gasteiger partial charge in [0.15, 0.2) is 0 Å². The molecule has 2 aromatic rings. The van der Waals surface area contributed by atoms with E-state index in [-0.39, 0.29) is 11.5 Å². The van der Waals surface area contributed by atoms with Crippen molar-refractivity contribution < 1.29 is 9.47 Å². The second kappa shape index (κ2) is 12.3. The number of ether oxygens (including phenoxy) is 2. The maximum absolute atomic E-state index is 5.93. The fourth-order valence-electron chi connectivity index (χ4n) is 2.49. The molecule has 1 aromatic heterocycles. The highest BCUT2D eigenvalue weighted by Gasteiger charge is 2.06. The lowest BCUT2D eigenvalue weighted by atomic mass is 9.98. The molecule has 0 aliphatic rings. The van der Waals surface area contributed by atoms with Crippen molar-refractivity contribution in [2.45, 2.75) is 40.2 Å². The molecule has 3 nitrogen and oxygen atoms in total. The van der Waals surface area contributed by atoms with E-state index in [2.05, 4.69) is 85.7 Å². The molecular formula is C25H31NO2S. The van der Waals surface area contributed by atoms with Gasteiger partial charge in [0.1, 0.15) is 12.4 Å². The lowest BCUT2D eigenvalue weighted by Crippen LogP contribution is -2.30. The van der Waals surface area contributed by atoms with Crippen LogP contribution in [0.15, 0.2) is 41.1 Å². The molecule has 1 unspecified atom stereocenters. The molecule has 0 spiro atoms. The number of benzene rings is 1. The Bertz CT molecular complexity index is 845. The molecule has 2 rings (SSSR count). The van der Waals surface area contributed by atoms with E-state index >= 15 is 0 Å². The molecule has 0 radical (unpaired) electrons. The standard InChI is InChI=1S/C25H31NO2S/c1-5-23(19-26-14-8-6-7-13-25(2,3)4)27-15-16-28-24-11-9-10-21(18-24)22-12-17-29-20-22/h9-12,17-18,20,23,26H,5,14-16,19H2,1-4H3. The zero-order valence-electron chi connectivity index (χ0n) is 17.9. The first-order valence-electron chi connectivity index (χ1n) is 10.1. The Kier molecular flexibility index (Phi) is 9.81. The van der Waals surface area contributed by atoms with Crippen LogP contribution < -0.4 is 10.1 Å². The van der Waals surface area contributed by atoms with Crippen molar-refractivity contribution in [1.82, 2.24) is 5.32 Å². The van der Waals surface area contributed by atoms with Crippen LogP contribution in [-0.2, 0) is 4.74 Å². The summed E-state index contributed by atoms with van der Waals surface area (Å²) < 4.78 is 11.8. The zero-order chi connectivity index (χ0) is 21.0. The van der Waals surface area contributed by atoms with Crippen LogP contribution in [0.3, 0.4) is 0 Å². The maximum atomic E-state index is 5.93. The molecule has 0 amide bonds. The maximum Gasteiger partial charge on any atom is 0.120 e. The smallest absolute Gasteiger partial charge is 0.120 e. The molecule has 4 heteroatoms. The lowest BCUT2D eigenvalue weighted by Gasteiger charge is -2.16. The van der Waals surface area contributed by atoms with Gasteiger partial charge in [0.25, 0.3) is 0 Å². The van der Waals surface area contributed by atoms with E-state index in [1.807, 2.05) is 12.1 Å². The van der Waals surface area contributed by atoms with Crippen LogP contribution in [0.4, 0.5) is 0 Å². The van der Waals surface area contributed by atoms with E-state index in [9.17, 15) is 0 Å². The second-order valence-electron chi connectivity index (χ2n) is 7.72. The van der Waals surface area contributed by atoms with Crippen LogP contribution in [-0.4, -0.2) is 32.4 Å². The zero-order valence-corrected chi connectivity index (χ0v) is 18.7. The molecule has 0 aliphatic carbocycles. The van der Waals surface area contributed by atoms with Crippen molar-refractivity contribution in [2.75, 3.05) is 26.3 Å². The van der Waals surface area contributed by atoms with Gasteiger partial charge in [-0.05, 0) is 79.1 Å². The monoisotopic (exact) mass is 409 g/mol.